The highest BCUT2D eigenvalue weighted by atomic mass is 32.1. The van der Waals surface area contributed by atoms with Crippen molar-refractivity contribution in [2.24, 2.45) is 0 Å². The zero-order valence-electron chi connectivity index (χ0n) is 17.9. The number of ether oxygens (including phenoxy) is 1. The number of morpholine rings is 1. The maximum absolute atomic E-state index is 13.4. The molecule has 2 N–H and O–H groups in total. The third-order valence-corrected chi connectivity index (χ3v) is 7.22. The van der Waals surface area contributed by atoms with E-state index in [2.05, 4.69) is 46.2 Å². The second kappa shape index (κ2) is 7.48. The predicted octanol–water partition coefficient (Wildman–Crippen LogP) is 3.84. The Morgan fingerprint density at radius 3 is 2.47 bits per heavy atom. The quantitative estimate of drug-likeness (QED) is 0.670. The van der Waals surface area contributed by atoms with Crippen molar-refractivity contribution in [2.75, 3.05) is 26.3 Å². The Labute approximate surface area is 180 Å². The van der Waals surface area contributed by atoms with Crippen molar-refractivity contribution in [1.29, 1.82) is 0 Å². The molecule has 3 aromatic rings. The fourth-order valence-corrected chi connectivity index (χ4v) is 6.11. The molecule has 158 valence electrons. The molecule has 1 amide bonds. The first kappa shape index (κ1) is 19.7. The number of fused-ring (bicyclic) bond motifs is 3. The fraction of sp³-hybridized carbons (Fsp3) is 0.478. The lowest BCUT2D eigenvalue weighted by Crippen LogP contribution is -2.65. The Kier molecular flexibility index (Phi) is 4.92. The smallest absolute Gasteiger partial charge is 0.264 e. The molecule has 2 atom stereocenters. The van der Waals surface area contributed by atoms with Crippen molar-refractivity contribution in [3.05, 3.63) is 40.0 Å². The maximum Gasteiger partial charge on any atom is 0.264 e. The molecule has 2 unspecified atom stereocenters. The van der Waals surface area contributed by atoms with Gasteiger partial charge >= 0.3 is 0 Å². The van der Waals surface area contributed by atoms with E-state index in [9.17, 15) is 4.79 Å². The molecule has 0 aliphatic carbocycles. The van der Waals surface area contributed by atoms with Crippen molar-refractivity contribution in [2.45, 2.75) is 45.7 Å². The number of nitrogens with zero attached hydrogens (tertiary/aromatic N) is 2. The molecule has 7 heteroatoms. The van der Waals surface area contributed by atoms with E-state index in [1.807, 2.05) is 19.9 Å². The van der Waals surface area contributed by atoms with Gasteiger partial charge in [-0.15, -0.1) is 11.3 Å². The van der Waals surface area contributed by atoms with Crippen LogP contribution in [0.25, 0.3) is 21.5 Å². The molecule has 6 nitrogen and oxygen atoms in total. The molecule has 5 rings (SSSR count). The van der Waals surface area contributed by atoms with Crippen LogP contribution in [0.3, 0.4) is 0 Å². The third-order valence-electron chi connectivity index (χ3n) is 6.07. The van der Waals surface area contributed by atoms with Gasteiger partial charge in [-0.25, -0.2) is 0 Å². The van der Waals surface area contributed by atoms with Crippen LogP contribution in [0, 0.1) is 13.8 Å². The molecule has 0 saturated carbocycles. The van der Waals surface area contributed by atoms with Crippen LogP contribution in [0.1, 0.15) is 46.4 Å². The Hall–Kier alpha value is -2.22. The van der Waals surface area contributed by atoms with Crippen molar-refractivity contribution >= 4 is 27.5 Å². The first-order valence-corrected chi connectivity index (χ1v) is 11.5. The molecule has 30 heavy (non-hydrogen) atoms. The highest BCUT2D eigenvalue weighted by molar-refractivity contribution is 7.21. The summed E-state index contributed by atoms with van der Waals surface area (Å²) in [6.07, 6.45) is 0. The number of amides is 1. The SMILES string of the molecule is Cc1cc(-c2[nH]c3cc(C(=O)N4C5CNCC4COC5)sc3c2C(C)C)cc(C)n1. The first-order chi connectivity index (χ1) is 14.4. The van der Waals surface area contributed by atoms with E-state index in [0.717, 1.165) is 46.1 Å². The number of rotatable bonds is 3. The maximum atomic E-state index is 13.4. The van der Waals surface area contributed by atoms with Gasteiger partial charge in [0.1, 0.15) is 0 Å². The van der Waals surface area contributed by atoms with Gasteiger partial charge in [0.2, 0.25) is 0 Å². The number of aromatic nitrogens is 2. The van der Waals surface area contributed by atoms with Gasteiger partial charge in [0.15, 0.2) is 0 Å². The van der Waals surface area contributed by atoms with E-state index < -0.39 is 0 Å². The van der Waals surface area contributed by atoms with Crippen LogP contribution in [0.2, 0.25) is 0 Å². The molecule has 2 bridgehead atoms. The lowest BCUT2D eigenvalue weighted by atomic mass is 9.99. The minimum absolute atomic E-state index is 0.119. The van der Waals surface area contributed by atoms with Gasteiger partial charge in [-0.1, -0.05) is 13.8 Å². The van der Waals surface area contributed by atoms with E-state index in [4.69, 9.17) is 4.74 Å². The molecule has 0 aromatic carbocycles. The minimum atomic E-state index is 0.119. The van der Waals surface area contributed by atoms with E-state index in [1.54, 1.807) is 11.3 Å². The number of hydrogen-bond donors (Lipinski definition) is 2. The number of carbonyl (C=O) groups excluding carboxylic acids is 1. The average Bonchev–Trinajstić information content (AvgIpc) is 3.23. The average molecular weight is 425 g/mol. The summed E-state index contributed by atoms with van der Waals surface area (Å²) in [5.41, 5.74) is 6.66. The van der Waals surface area contributed by atoms with Gasteiger partial charge in [-0.05, 0) is 43.5 Å². The molecule has 0 radical (unpaired) electrons. The zero-order valence-corrected chi connectivity index (χ0v) is 18.7. The normalized spacial score (nSPS) is 21.6. The molecule has 2 fully saturated rings. The molecule has 5 heterocycles. The van der Waals surface area contributed by atoms with Crippen LogP contribution < -0.4 is 5.32 Å². The fourth-order valence-electron chi connectivity index (χ4n) is 4.85. The van der Waals surface area contributed by atoms with E-state index >= 15 is 0 Å². The number of carbonyl (C=O) groups is 1. The van der Waals surface area contributed by atoms with Gasteiger partial charge in [0.05, 0.1) is 46.1 Å². The van der Waals surface area contributed by atoms with Gasteiger partial charge in [-0.2, -0.15) is 0 Å². The van der Waals surface area contributed by atoms with Crippen molar-refractivity contribution in [3.63, 3.8) is 0 Å². The summed E-state index contributed by atoms with van der Waals surface area (Å²) in [5.74, 6) is 0.479. The summed E-state index contributed by atoms with van der Waals surface area (Å²) in [4.78, 5) is 24.4. The van der Waals surface area contributed by atoms with Crippen molar-refractivity contribution < 1.29 is 9.53 Å². The van der Waals surface area contributed by atoms with Gasteiger partial charge in [-0.3, -0.25) is 9.78 Å². The summed E-state index contributed by atoms with van der Waals surface area (Å²) in [5, 5.41) is 3.42. The van der Waals surface area contributed by atoms with Crippen LogP contribution in [0.4, 0.5) is 0 Å². The largest absolute Gasteiger partial charge is 0.377 e. The van der Waals surface area contributed by atoms with Gasteiger partial charge in [0, 0.05) is 30.0 Å². The van der Waals surface area contributed by atoms with Crippen LogP contribution >= 0.6 is 11.3 Å². The van der Waals surface area contributed by atoms with E-state index in [0.29, 0.717) is 19.1 Å². The summed E-state index contributed by atoms with van der Waals surface area (Å²) in [6, 6.07) is 6.53. The van der Waals surface area contributed by atoms with Crippen molar-refractivity contribution in [3.8, 4) is 11.3 Å². The second-order valence-corrected chi connectivity index (χ2v) is 9.83. The lowest BCUT2D eigenvalue weighted by molar-refractivity contribution is -0.0489. The van der Waals surface area contributed by atoms with Crippen molar-refractivity contribution in [1.82, 2.24) is 20.2 Å². The van der Waals surface area contributed by atoms with Gasteiger partial charge < -0.3 is 19.9 Å². The first-order valence-electron chi connectivity index (χ1n) is 10.6. The van der Waals surface area contributed by atoms with Gasteiger partial charge in [0.25, 0.3) is 5.91 Å². The number of nitrogens with one attached hydrogen (secondary N) is 2. The number of H-pyrrole nitrogens is 1. The summed E-state index contributed by atoms with van der Waals surface area (Å²) in [6.45, 7) is 11.3. The molecule has 0 spiro atoms. The Bertz CT molecular complexity index is 1070. The molecule has 2 saturated heterocycles. The molecular weight excluding hydrogens is 396 g/mol. The summed E-state index contributed by atoms with van der Waals surface area (Å²) < 4.78 is 6.88. The third kappa shape index (κ3) is 3.25. The summed E-state index contributed by atoms with van der Waals surface area (Å²) >= 11 is 1.62. The van der Waals surface area contributed by atoms with Crippen LogP contribution in [-0.2, 0) is 4.74 Å². The molecule has 3 aromatic heterocycles. The number of pyridine rings is 1. The predicted molar refractivity (Wildman–Crippen MR) is 120 cm³/mol. The molecule has 2 aliphatic heterocycles. The minimum Gasteiger partial charge on any atom is -0.377 e. The van der Waals surface area contributed by atoms with E-state index in [1.165, 1.54) is 10.3 Å². The topological polar surface area (TPSA) is 70.2 Å². The molecule has 2 aliphatic rings. The standard InChI is InChI=1S/C23H28N4O2S/c1-12(2)20-21(15-5-13(3)25-14(4)6-15)26-18-7-19(30-22(18)20)23(28)27-16-8-24-9-17(27)11-29-10-16/h5-7,12,16-17,24,26H,8-11H2,1-4H3. The second-order valence-electron chi connectivity index (χ2n) is 8.78. The number of hydrogen-bond acceptors (Lipinski definition) is 5. The number of thiophene rings is 1. The monoisotopic (exact) mass is 424 g/mol. The zero-order chi connectivity index (χ0) is 21.0. The Morgan fingerprint density at radius 1 is 1.17 bits per heavy atom. The number of piperazine rings is 1. The van der Waals surface area contributed by atoms with Crippen LogP contribution in [0.15, 0.2) is 18.2 Å². The highest BCUT2D eigenvalue weighted by Gasteiger charge is 2.38. The summed E-state index contributed by atoms with van der Waals surface area (Å²) in [7, 11) is 0. The van der Waals surface area contributed by atoms with Crippen LogP contribution in [-0.4, -0.2) is 59.2 Å². The number of aromatic amines is 1. The lowest BCUT2D eigenvalue weighted by Gasteiger charge is -2.45. The van der Waals surface area contributed by atoms with E-state index in [-0.39, 0.29) is 18.0 Å². The Balaban J connectivity index is 1.56. The molecular formula is C23H28N4O2S. The highest BCUT2D eigenvalue weighted by Crippen LogP contribution is 2.40. The Morgan fingerprint density at radius 2 is 1.83 bits per heavy atom. The van der Waals surface area contributed by atoms with Crippen LogP contribution in [0.5, 0.6) is 0 Å². The number of aryl methyl sites for hydroxylation is 2.